The van der Waals surface area contributed by atoms with Crippen LogP contribution in [0.5, 0.6) is 0 Å². The van der Waals surface area contributed by atoms with E-state index in [9.17, 15) is 14.3 Å². The van der Waals surface area contributed by atoms with Crippen LogP contribution in [-0.2, 0) is 0 Å². The summed E-state index contributed by atoms with van der Waals surface area (Å²) in [4.78, 5) is 17.5. The molecule has 1 amide bonds. The molecule has 0 saturated carbocycles. The molecule has 5 nitrogen and oxygen atoms in total. The zero-order valence-corrected chi connectivity index (χ0v) is 11.7. The number of hydrogen-bond donors (Lipinski definition) is 2. The number of aromatic nitrogens is 1. The van der Waals surface area contributed by atoms with Gasteiger partial charge in [0.1, 0.15) is 0 Å². The molecule has 19 heavy (non-hydrogen) atoms. The molecule has 0 aromatic carbocycles. The minimum absolute atomic E-state index is 0.0326. The highest BCUT2D eigenvalue weighted by molar-refractivity contribution is 5.95. The van der Waals surface area contributed by atoms with Crippen LogP contribution in [0.2, 0.25) is 0 Å². The Hall–Kier alpha value is -1.69. The van der Waals surface area contributed by atoms with E-state index in [1.165, 1.54) is 24.2 Å². The van der Waals surface area contributed by atoms with Crippen LogP contribution in [0.15, 0.2) is 12.3 Å². The Morgan fingerprint density at radius 3 is 2.68 bits per heavy atom. The molecule has 1 heterocycles. The van der Waals surface area contributed by atoms with E-state index in [0.29, 0.717) is 6.54 Å². The first-order valence-electron chi connectivity index (χ1n) is 6.14. The third kappa shape index (κ3) is 3.89. The molecular formula is C13H20FN3O2. The van der Waals surface area contributed by atoms with Gasteiger partial charge in [0.15, 0.2) is 11.6 Å². The molecule has 0 radical (unpaired) electrons. The number of halogens is 1. The summed E-state index contributed by atoms with van der Waals surface area (Å²) in [5.74, 6) is -1.10. The number of rotatable bonds is 5. The van der Waals surface area contributed by atoms with Crippen LogP contribution >= 0.6 is 0 Å². The number of anilines is 1. The van der Waals surface area contributed by atoms with Gasteiger partial charge in [-0.15, -0.1) is 0 Å². The van der Waals surface area contributed by atoms with Crippen LogP contribution in [0.25, 0.3) is 0 Å². The number of aliphatic hydroxyl groups is 1. The Morgan fingerprint density at radius 1 is 1.58 bits per heavy atom. The molecule has 1 aromatic rings. The van der Waals surface area contributed by atoms with Gasteiger partial charge in [0.05, 0.1) is 11.2 Å². The largest absolute Gasteiger partial charge is 0.389 e. The number of nitrogens with one attached hydrogen (secondary N) is 1. The van der Waals surface area contributed by atoms with Gasteiger partial charge >= 0.3 is 0 Å². The predicted molar refractivity (Wildman–Crippen MR) is 71.6 cm³/mol. The maximum atomic E-state index is 14.0. The summed E-state index contributed by atoms with van der Waals surface area (Å²) in [5, 5.41) is 12.4. The standard InChI is InChI=1S/C13H20FN3O2/c1-5-17(8-13(2,3)19)12(18)9-6-7-16-11(15-4)10(9)14/h6-7,19H,5,8H2,1-4H3,(H,15,16). The molecule has 0 bridgehead atoms. The molecule has 6 heteroatoms. The average molecular weight is 269 g/mol. The lowest BCUT2D eigenvalue weighted by Gasteiger charge is -2.28. The highest BCUT2D eigenvalue weighted by atomic mass is 19.1. The summed E-state index contributed by atoms with van der Waals surface area (Å²) in [6.45, 7) is 5.51. The molecule has 0 aliphatic rings. The Bertz CT molecular complexity index is 458. The second kappa shape index (κ2) is 5.97. The SMILES string of the molecule is CCN(CC(C)(C)O)C(=O)c1ccnc(NC)c1F. The van der Waals surface area contributed by atoms with Crippen molar-refractivity contribution in [2.75, 3.05) is 25.5 Å². The molecule has 0 fully saturated rings. The molecule has 0 unspecified atom stereocenters. The molecule has 0 spiro atoms. The number of carbonyl (C=O) groups is 1. The molecular weight excluding hydrogens is 249 g/mol. The molecule has 1 aromatic heterocycles. The molecule has 0 aliphatic carbocycles. The van der Waals surface area contributed by atoms with Gasteiger partial charge in [-0.2, -0.15) is 0 Å². The lowest BCUT2D eigenvalue weighted by Crippen LogP contribution is -2.42. The van der Waals surface area contributed by atoms with Crippen molar-refractivity contribution in [3.05, 3.63) is 23.6 Å². The molecule has 0 aliphatic heterocycles. The zero-order valence-electron chi connectivity index (χ0n) is 11.7. The van der Waals surface area contributed by atoms with Crippen molar-refractivity contribution in [1.82, 2.24) is 9.88 Å². The Balaban J connectivity index is 3.04. The second-order valence-electron chi connectivity index (χ2n) is 4.90. The van der Waals surface area contributed by atoms with Gasteiger partial charge in [-0.3, -0.25) is 4.79 Å². The predicted octanol–water partition coefficient (Wildman–Crippen LogP) is 1.50. The van der Waals surface area contributed by atoms with Crippen LogP contribution < -0.4 is 5.32 Å². The lowest BCUT2D eigenvalue weighted by atomic mass is 10.1. The maximum Gasteiger partial charge on any atom is 0.257 e. The maximum absolute atomic E-state index is 14.0. The molecule has 0 saturated heterocycles. The summed E-state index contributed by atoms with van der Waals surface area (Å²) in [6, 6.07) is 1.34. The van der Waals surface area contributed by atoms with Crippen LogP contribution in [0, 0.1) is 5.82 Å². The lowest BCUT2D eigenvalue weighted by molar-refractivity contribution is 0.0312. The molecule has 106 valence electrons. The Morgan fingerprint density at radius 2 is 2.21 bits per heavy atom. The number of amides is 1. The Labute approximate surface area is 112 Å². The number of likely N-dealkylation sites (N-methyl/N-ethyl adjacent to an activating group) is 1. The fourth-order valence-corrected chi connectivity index (χ4v) is 1.75. The van der Waals surface area contributed by atoms with E-state index in [-0.39, 0.29) is 17.9 Å². The zero-order chi connectivity index (χ0) is 14.6. The number of carbonyl (C=O) groups excluding carboxylic acids is 1. The topological polar surface area (TPSA) is 65.5 Å². The number of hydrogen-bond acceptors (Lipinski definition) is 4. The monoisotopic (exact) mass is 269 g/mol. The van der Waals surface area contributed by atoms with Crippen molar-refractivity contribution < 1.29 is 14.3 Å². The highest BCUT2D eigenvalue weighted by Crippen LogP contribution is 2.17. The molecule has 2 N–H and O–H groups in total. The van der Waals surface area contributed by atoms with Crippen molar-refractivity contribution in [3.8, 4) is 0 Å². The van der Waals surface area contributed by atoms with E-state index in [2.05, 4.69) is 10.3 Å². The van der Waals surface area contributed by atoms with Gasteiger partial charge < -0.3 is 15.3 Å². The number of pyridine rings is 1. The number of nitrogens with zero attached hydrogens (tertiary/aromatic N) is 2. The summed E-state index contributed by atoms with van der Waals surface area (Å²) in [6.07, 6.45) is 1.38. The second-order valence-corrected chi connectivity index (χ2v) is 4.90. The summed E-state index contributed by atoms with van der Waals surface area (Å²) >= 11 is 0. The quantitative estimate of drug-likeness (QED) is 0.850. The smallest absolute Gasteiger partial charge is 0.257 e. The van der Waals surface area contributed by atoms with Crippen LogP contribution in [0.1, 0.15) is 31.1 Å². The minimum atomic E-state index is -1.03. The van der Waals surface area contributed by atoms with Crippen molar-refractivity contribution in [2.24, 2.45) is 0 Å². The van der Waals surface area contributed by atoms with E-state index < -0.39 is 17.3 Å². The minimum Gasteiger partial charge on any atom is -0.389 e. The van der Waals surface area contributed by atoms with E-state index in [4.69, 9.17) is 0 Å². The van der Waals surface area contributed by atoms with Crippen molar-refractivity contribution in [2.45, 2.75) is 26.4 Å². The Kier molecular flexibility index (Phi) is 4.83. The van der Waals surface area contributed by atoms with Gasteiger partial charge in [0.25, 0.3) is 5.91 Å². The third-order valence-corrected chi connectivity index (χ3v) is 2.60. The van der Waals surface area contributed by atoms with Crippen LogP contribution in [0.4, 0.5) is 10.2 Å². The van der Waals surface area contributed by atoms with E-state index >= 15 is 0 Å². The van der Waals surface area contributed by atoms with Gasteiger partial charge in [-0.1, -0.05) is 0 Å². The summed E-state index contributed by atoms with van der Waals surface area (Å²) in [7, 11) is 1.54. The van der Waals surface area contributed by atoms with Crippen LogP contribution in [-0.4, -0.2) is 46.6 Å². The van der Waals surface area contributed by atoms with Gasteiger partial charge in [-0.05, 0) is 26.8 Å². The van der Waals surface area contributed by atoms with Gasteiger partial charge in [0, 0.05) is 26.3 Å². The van der Waals surface area contributed by atoms with E-state index in [1.807, 2.05) is 0 Å². The van der Waals surface area contributed by atoms with Crippen molar-refractivity contribution >= 4 is 11.7 Å². The van der Waals surface area contributed by atoms with Crippen molar-refractivity contribution in [1.29, 1.82) is 0 Å². The molecule has 1 rings (SSSR count). The molecule has 0 atom stereocenters. The van der Waals surface area contributed by atoms with Gasteiger partial charge in [-0.25, -0.2) is 9.37 Å². The third-order valence-electron chi connectivity index (χ3n) is 2.60. The highest BCUT2D eigenvalue weighted by Gasteiger charge is 2.25. The fraction of sp³-hybridized carbons (Fsp3) is 0.538. The first-order chi connectivity index (χ1) is 8.80. The van der Waals surface area contributed by atoms with E-state index in [1.54, 1.807) is 20.8 Å². The first kappa shape index (κ1) is 15.4. The first-order valence-corrected chi connectivity index (χ1v) is 6.14. The average Bonchev–Trinajstić information content (AvgIpc) is 2.34. The fourth-order valence-electron chi connectivity index (χ4n) is 1.75. The van der Waals surface area contributed by atoms with E-state index in [0.717, 1.165) is 0 Å². The van der Waals surface area contributed by atoms with Crippen molar-refractivity contribution in [3.63, 3.8) is 0 Å². The summed E-state index contributed by atoms with van der Waals surface area (Å²) < 4.78 is 14.0. The summed E-state index contributed by atoms with van der Waals surface area (Å²) in [5.41, 5.74) is -1.08. The van der Waals surface area contributed by atoms with Crippen LogP contribution in [0.3, 0.4) is 0 Å². The van der Waals surface area contributed by atoms with Gasteiger partial charge in [0.2, 0.25) is 0 Å². The normalized spacial score (nSPS) is 11.3.